The maximum absolute atomic E-state index is 11.3. The maximum atomic E-state index is 11.3. The van der Waals surface area contributed by atoms with Crippen LogP contribution in [0.25, 0.3) is 0 Å². The highest BCUT2D eigenvalue weighted by molar-refractivity contribution is 5.88. The smallest absolute Gasteiger partial charge is 0.154 e. The second kappa shape index (κ2) is 4.42. The first kappa shape index (κ1) is 9.47. The van der Waals surface area contributed by atoms with E-state index in [1.54, 1.807) is 19.1 Å². The van der Waals surface area contributed by atoms with Gasteiger partial charge in [-0.05, 0) is 5.56 Å². The van der Waals surface area contributed by atoms with Crippen molar-refractivity contribution in [3.05, 3.63) is 35.9 Å². The van der Waals surface area contributed by atoms with Crippen molar-refractivity contribution in [2.24, 2.45) is 0 Å². The number of nitriles is 1. The van der Waals surface area contributed by atoms with Crippen molar-refractivity contribution in [3.63, 3.8) is 0 Å². The minimum absolute atomic E-state index is 0.0197. The first-order valence-corrected chi connectivity index (χ1v) is 4.27. The van der Waals surface area contributed by atoms with Crippen molar-refractivity contribution < 1.29 is 4.79 Å². The number of carbonyl (C=O) groups excluding carboxylic acids is 1. The summed E-state index contributed by atoms with van der Waals surface area (Å²) in [5.41, 5.74) is 0.789. The molecule has 0 aromatic heterocycles. The molecule has 0 N–H and O–H groups in total. The molecule has 0 aliphatic rings. The van der Waals surface area contributed by atoms with Crippen LogP contribution in [0.4, 0.5) is 0 Å². The van der Waals surface area contributed by atoms with E-state index in [9.17, 15) is 4.79 Å². The third-order valence-corrected chi connectivity index (χ3v) is 1.93. The van der Waals surface area contributed by atoms with Crippen LogP contribution in [-0.2, 0) is 4.79 Å². The van der Waals surface area contributed by atoms with Crippen LogP contribution in [0.2, 0.25) is 0 Å². The van der Waals surface area contributed by atoms with Crippen molar-refractivity contribution in [3.8, 4) is 6.07 Å². The Morgan fingerprint density at radius 3 is 2.54 bits per heavy atom. The highest BCUT2D eigenvalue weighted by Gasteiger charge is 2.17. The summed E-state index contributed by atoms with van der Waals surface area (Å²) in [5.74, 6) is -0.611. The van der Waals surface area contributed by atoms with Gasteiger partial charge in [-0.3, -0.25) is 4.79 Å². The van der Waals surface area contributed by atoms with Gasteiger partial charge in [0, 0.05) is 6.42 Å². The Morgan fingerprint density at radius 1 is 1.46 bits per heavy atom. The summed E-state index contributed by atoms with van der Waals surface area (Å²) < 4.78 is 0. The topological polar surface area (TPSA) is 40.9 Å². The van der Waals surface area contributed by atoms with E-state index in [2.05, 4.69) is 0 Å². The highest BCUT2D eigenvalue weighted by atomic mass is 16.1. The minimum Gasteiger partial charge on any atom is -0.298 e. The molecule has 1 aromatic rings. The van der Waals surface area contributed by atoms with Gasteiger partial charge in [-0.25, -0.2) is 0 Å². The summed E-state index contributed by atoms with van der Waals surface area (Å²) in [7, 11) is 0. The summed E-state index contributed by atoms with van der Waals surface area (Å²) in [6.45, 7) is 1.77. The summed E-state index contributed by atoms with van der Waals surface area (Å²) in [5, 5.41) is 8.81. The molecule has 0 unspecified atom stereocenters. The molecule has 13 heavy (non-hydrogen) atoms. The fourth-order valence-electron chi connectivity index (χ4n) is 1.18. The van der Waals surface area contributed by atoms with Gasteiger partial charge in [0.1, 0.15) is 5.92 Å². The third-order valence-electron chi connectivity index (χ3n) is 1.93. The van der Waals surface area contributed by atoms with Gasteiger partial charge >= 0.3 is 0 Å². The number of rotatable bonds is 3. The van der Waals surface area contributed by atoms with E-state index >= 15 is 0 Å². The van der Waals surface area contributed by atoms with E-state index in [0.29, 0.717) is 6.42 Å². The molecule has 0 bridgehead atoms. The molecule has 0 heterocycles. The molecule has 0 saturated carbocycles. The number of hydrogen-bond acceptors (Lipinski definition) is 2. The molecule has 1 rings (SSSR count). The Balaban J connectivity index is 2.93. The molecule has 0 amide bonds. The summed E-state index contributed by atoms with van der Waals surface area (Å²) in [6.07, 6.45) is 0.410. The predicted octanol–water partition coefficient (Wildman–Crippen LogP) is 2.27. The summed E-state index contributed by atoms with van der Waals surface area (Å²) in [4.78, 5) is 11.3. The molecule has 1 atom stereocenters. The lowest BCUT2D eigenvalue weighted by Crippen LogP contribution is -2.08. The molecule has 0 aliphatic heterocycles. The largest absolute Gasteiger partial charge is 0.298 e. The third kappa shape index (κ3) is 2.16. The molecule has 0 radical (unpaired) electrons. The second-order valence-electron chi connectivity index (χ2n) is 2.79. The molecule has 66 valence electrons. The monoisotopic (exact) mass is 173 g/mol. The van der Waals surface area contributed by atoms with E-state index in [0.717, 1.165) is 5.56 Å². The highest BCUT2D eigenvalue weighted by Crippen LogP contribution is 2.16. The van der Waals surface area contributed by atoms with Crippen LogP contribution in [0.5, 0.6) is 0 Å². The van der Waals surface area contributed by atoms with Crippen molar-refractivity contribution in [2.45, 2.75) is 19.3 Å². The van der Waals surface area contributed by atoms with Crippen LogP contribution in [0.1, 0.15) is 24.8 Å². The van der Waals surface area contributed by atoms with E-state index < -0.39 is 5.92 Å². The molecule has 2 heteroatoms. The Bertz CT molecular complexity index is 324. The average Bonchev–Trinajstić information content (AvgIpc) is 2.20. The molecule has 1 aromatic carbocycles. The SMILES string of the molecule is CCC(=O)[C@H](C#N)c1ccccc1. The van der Waals surface area contributed by atoms with Crippen LogP contribution >= 0.6 is 0 Å². The van der Waals surface area contributed by atoms with Crippen molar-refractivity contribution in [1.82, 2.24) is 0 Å². The van der Waals surface area contributed by atoms with Gasteiger partial charge in [0.05, 0.1) is 6.07 Å². The zero-order chi connectivity index (χ0) is 9.68. The number of hydrogen-bond donors (Lipinski definition) is 0. The lowest BCUT2D eigenvalue weighted by Gasteiger charge is -2.05. The Labute approximate surface area is 77.8 Å². The van der Waals surface area contributed by atoms with Crippen LogP contribution in [0.3, 0.4) is 0 Å². The summed E-state index contributed by atoms with van der Waals surface area (Å²) >= 11 is 0. The number of carbonyl (C=O) groups is 1. The standard InChI is InChI=1S/C11H11NO/c1-2-11(13)10(8-12)9-6-4-3-5-7-9/h3-7,10H,2H2,1H3/t10-/m1/s1. The van der Waals surface area contributed by atoms with E-state index in [1.807, 2.05) is 24.3 Å². The lowest BCUT2D eigenvalue weighted by molar-refractivity contribution is -0.119. The Hall–Kier alpha value is -1.62. The number of Topliss-reactive ketones (excluding diaryl/α,β-unsaturated/α-hetero) is 1. The first-order chi connectivity index (χ1) is 6.29. The van der Waals surface area contributed by atoms with Gasteiger partial charge in [0.15, 0.2) is 5.78 Å². The fraction of sp³-hybridized carbons (Fsp3) is 0.273. The first-order valence-electron chi connectivity index (χ1n) is 4.27. The molecule has 0 saturated heterocycles. The van der Waals surface area contributed by atoms with Gasteiger partial charge in [-0.2, -0.15) is 5.26 Å². The fourth-order valence-corrected chi connectivity index (χ4v) is 1.18. The maximum Gasteiger partial charge on any atom is 0.154 e. The quantitative estimate of drug-likeness (QED) is 0.703. The molecule has 0 spiro atoms. The summed E-state index contributed by atoms with van der Waals surface area (Å²) in [6, 6.07) is 11.2. The van der Waals surface area contributed by atoms with Gasteiger partial charge in [0.2, 0.25) is 0 Å². The Kier molecular flexibility index (Phi) is 3.22. The minimum atomic E-state index is -0.591. The number of benzene rings is 1. The molecule has 0 aliphatic carbocycles. The van der Waals surface area contributed by atoms with Gasteiger partial charge in [-0.1, -0.05) is 37.3 Å². The molecular formula is C11H11NO. The lowest BCUT2D eigenvalue weighted by atomic mass is 9.95. The van der Waals surface area contributed by atoms with Crippen molar-refractivity contribution in [1.29, 1.82) is 5.26 Å². The van der Waals surface area contributed by atoms with E-state index in [-0.39, 0.29) is 5.78 Å². The zero-order valence-corrected chi connectivity index (χ0v) is 7.53. The molecule has 0 fully saturated rings. The van der Waals surface area contributed by atoms with Crippen molar-refractivity contribution >= 4 is 5.78 Å². The van der Waals surface area contributed by atoms with Gasteiger partial charge < -0.3 is 0 Å². The van der Waals surface area contributed by atoms with Crippen LogP contribution in [-0.4, -0.2) is 5.78 Å². The van der Waals surface area contributed by atoms with Crippen LogP contribution in [0, 0.1) is 11.3 Å². The van der Waals surface area contributed by atoms with Gasteiger partial charge in [0.25, 0.3) is 0 Å². The van der Waals surface area contributed by atoms with Crippen LogP contribution in [0.15, 0.2) is 30.3 Å². The van der Waals surface area contributed by atoms with Gasteiger partial charge in [-0.15, -0.1) is 0 Å². The average molecular weight is 173 g/mol. The number of nitrogens with zero attached hydrogens (tertiary/aromatic N) is 1. The predicted molar refractivity (Wildman–Crippen MR) is 50.1 cm³/mol. The molecular weight excluding hydrogens is 162 g/mol. The van der Waals surface area contributed by atoms with Crippen LogP contribution < -0.4 is 0 Å². The van der Waals surface area contributed by atoms with E-state index in [4.69, 9.17) is 5.26 Å². The second-order valence-corrected chi connectivity index (χ2v) is 2.79. The molecule has 2 nitrogen and oxygen atoms in total. The Morgan fingerprint density at radius 2 is 2.08 bits per heavy atom. The van der Waals surface area contributed by atoms with E-state index in [1.165, 1.54) is 0 Å². The van der Waals surface area contributed by atoms with Crippen molar-refractivity contribution in [2.75, 3.05) is 0 Å². The zero-order valence-electron chi connectivity index (χ0n) is 7.53. The number of ketones is 1. The normalized spacial score (nSPS) is 11.7.